The fourth-order valence-electron chi connectivity index (χ4n) is 2.30. The summed E-state index contributed by atoms with van der Waals surface area (Å²) in [6.07, 6.45) is 0.646. The minimum Gasteiger partial charge on any atom is -0.476 e. The van der Waals surface area contributed by atoms with Crippen LogP contribution < -0.4 is 5.32 Å². The number of nitrogens with zero attached hydrogens (tertiary/aromatic N) is 2. The maximum atomic E-state index is 11.4. The van der Waals surface area contributed by atoms with Crippen molar-refractivity contribution >= 4 is 21.9 Å². The first kappa shape index (κ1) is 13.2. The van der Waals surface area contributed by atoms with Crippen LogP contribution in [0.15, 0.2) is 28.7 Å². The van der Waals surface area contributed by atoms with E-state index in [4.69, 9.17) is 0 Å². The van der Waals surface area contributed by atoms with Crippen molar-refractivity contribution in [2.24, 2.45) is 0 Å². The Bertz CT molecular complexity index is 688. The van der Waals surface area contributed by atoms with Crippen LogP contribution in [0.5, 0.6) is 0 Å². The van der Waals surface area contributed by atoms with Crippen molar-refractivity contribution < 1.29 is 9.90 Å². The number of aromatic carboxylic acids is 1. The summed E-state index contributed by atoms with van der Waals surface area (Å²) < 4.78 is 0.847. The second-order valence-electron chi connectivity index (χ2n) is 4.53. The van der Waals surface area contributed by atoms with E-state index in [1.807, 2.05) is 24.3 Å². The summed E-state index contributed by atoms with van der Waals surface area (Å²) in [5, 5.41) is 12.6. The minimum absolute atomic E-state index is 0.113. The van der Waals surface area contributed by atoms with Gasteiger partial charge in [0.2, 0.25) is 0 Å². The van der Waals surface area contributed by atoms with E-state index in [1.165, 1.54) is 0 Å². The van der Waals surface area contributed by atoms with Gasteiger partial charge in [-0.2, -0.15) is 0 Å². The molecule has 0 amide bonds. The number of fused-ring (bicyclic) bond motifs is 1. The quantitative estimate of drug-likeness (QED) is 0.881. The zero-order valence-electron chi connectivity index (χ0n) is 10.6. The van der Waals surface area contributed by atoms with E-state index in [1.54, 1.807) is 0 Å². The van der Waals surface area contributed by atoms with Gasteiger partial charge in [-0.25, -0.2) is 14.8 Å². The first-order valence-electron chi connectivity index (χ1n) is 6.25. The zero-order valence-corrected chi connectivity index (χ0v) is 12.1. The number of hydrogen-bond acceptors (Lipinski definition) is 4. The smallest absolute Gasteiger partial charge is 0.354 e. The van der Waals surface area contributed by atoms with Gasteiger partial charge in [0, 0.05) is 22.1 Å². The van der Waals surface area contributed by atoms with Crippen molar-refractivity contribution in [3.8, 4) is 11.4 Å². The average Bonchev–Trinajstić information content (AvgIpc) is 2.46. The molecule has 6 heteroatoms. The van der Waals surface area contributed by atoms with Crippen LogP contribution in [0.2, 0.25) is 0 Å². The fraction of sp³-hybridized carbons (Fsp3) is 0.214. The second-order valence-corrected chi connectivity index (χ2v) is 5.39. The molecule has 1 aliphatic heterocycles. The van der Waals surface area contributed by atoms with Crippen molar-refractivity contribution in [2.75, 3.05) is 6.54 Å². The molecule has 3 rings (SSSR count). The largest absolute Gasteiger partial charge is 0.476 e. The van der Waals surface area contributed by atoms with E-state index in [9.17, 15) is 9.90 Å². The Labute approximate surface area is 124 Å². The van der Waals surface area contributed by atoms with E-state index in [0.717, 1.165) is 27.8 Å². The predicted octanol–water partition coefficient (Wildman–Crippen LogP) is 2.25. The third-order valence-electron chi connectivity index (χ3n) is 3.25. The topological polar surface area (TPSA) is 75.1 Å². The number of rotatable bonds is 2. The summed E-state index contributed by atoms with van der Waals surface area (Å²) in [4.78, 5) is 20.2. The first-order valence-corrected chi connectivity index (χ1v) is 7.05. The molecule has 1 aliphatic rings. The number of aromatic nitrogens is 2. The number of carboxylic acid groups (broad SMARTS) is 1. The number of halogens is 1. The Morgan fingerprint density at radius 3 is 2.85 bits per heavy atom. The molecule has 0 radical (unpaired) electrons. The first-order chi connectivity index (χ1) is 9.66. The molecule has 0 aliphatic carbocycles. The van der Waals surface area contributed by atoms with Crippen molar-refractivity contribution in [3.63, 3.8) is 0 Å². The van der Waals surface area contributed by atoms with Gasteiger partial charge in [-0.05, 0) is 19.0 Å². The molecule has 5 nitrogen and oxygen atoms in total. The normalized spacial score (nSPS) is 13.8. The van der Waals surface area contributed by atoms with Gasteiger partial charge in [-0.15, -0.1) is 0 Å². The van der Waals surface area contributed by atoms with Crippen LogP contribution in [0.25, 0.3) is 11.4 Å². The van der Waals surface area contributed by atoms with E-state index >= 15 is 0 Å². The zero-order chi connectivity index (χ0) is 14.1. The maximum Gasteiger partial charge on any atom is 0.354 e. The van der Waals surface area contributed by atoms with Crippen LogP contribution in [0.3, 0.4) is 0 Å². The molecule has 0 spiro atoms. The average molecular weight is 334 g/mol. The molecule has 2 aromatic rings. The lowest BCUT2D eigenvalue weighted by Crippen LogP contribution is -2.27. The highest BCUT2D eigenvalue weighted by Gasteiger charge is 2.22. The van der Waals surface area contributed by atoms with Gasteiger partial charge >= 0.3 is 5.97 Å². The summed E-state index contributed by atoms with van der Waals surface area (Å²) >= 11 is 3.45. The number of hydrogen-bond donors (Lipinski definition) is 2. The summed E-state index contributed by atoms with van der Waals surface area (Å²) in [5.41, 5.74) is 2.42. The van der Waals surface area contributed by atoms with Gasteiger partial charge in [-0.3, -0.25) is 0 Å². The van der Waals surface area contributed by atoms with Gasteiger partial charge in [0.1, 0.15) is 0 Å². The molecule has 2 heterocycles. The van der Waals surface area contributed by atoms with Crippen LogP contribution in [-0.2, 0) is 13.0 Å². The molecule has 1 aromatic carbocycles. The van der Waals surface area contributed by atoms with Crippen LogP contribution >= 0.6 is 15.9 Å². The monoisotopic (exact) mass is 333 g/mol. The van der Waals surface area contributed by atoms with Crippen molar-refractivity contribution in [2.45, 2.75) is 13.0 Å². The molecule has 0 unspecified atom stereocenters. The lowest BCUT2D eigenvalue weighted by atomic mass is 10.0. The summed E-state index contributed by atoms with van der Waals surface area (Å²) in [5.74, 6) is -0.559. The van der Waals surface area contributed by atoms with Crippen molar-refractivity contribution in [1.29, 1.82) is 0 Å². The van der Waals surface area contributed by atoms with Gasteiger partial charge in [0.05, 0.1) is 5.69 Å². The fourth-order valence-corrected chi connectivity index (χ4v) is 2.76. The second kappa shape index (κ2) is 5.30. The van der Waals surface area contributed by atoms with E-state index in [-0.39, 0.29) is 5.69 Å². The molecule has 0 atom stereocenters. The van der Waals surface area contributed by atoms with Gasteiger partial charge in [0.15, 0.2) is 11.5 Å². The van der Waals surface area contributed by atoms with E-state index in [0.29, 0.717) is 18.8 Å². The lowest BCUT2D eigenvalue weighted by molar-refractivity contribution is 0.0688. The number of benzene rings is 1. The number of nitrogens with one attached hydrogen (secondary N) is 1. The highest BCUT2D eigenvalue weighted by atomic mass is 79.9. The van der Waals surface area contributed by atoms with Crippen molar-refractivity contribution in [3.05, 3.63) is 45.7 Å². The highest BCUT2D eigenvalue weighted by Crippen LogP contribution is 2.27. The predicted molar refractivity (Wildman–Crippen MR) is 77.5 cm³/mol. The molecule has 102 valence electrons. The Balaban J connectivity index is 2.20. The van der Waals surface area contributed by atoms with Crippen molar-refractivity contribution in [1.82, 2.24) is 15.3 Å². The molecule has 0 saturated carbocycles. The summed E-state index contributed by atoms with van der Waals surface area (Å²) in [6, 6.07) is 7.53. The molecular formula is C14H12BrN3O2. The Morgan fingerprint density at radius 2 is 2.10 bits per heavy atom. The van der Waals surface area contributed by atoms with Gasteiger partial charge in [0.25, 0.3) is 0 Å². The molecule has 1 aromatic heterocycles. The Hall–Kier alpha value is -1.79. The standard InChI is InChI=1S/C14H12BrN3O2/c15-10-4-2-1-3-8(10)13-17-11-7-16-6-5-9(11)12(18-13)14(19)20/h1-4,16H,5-7H2,(H,19,20). The summed E-state index contributed by atoms with van der Waals surface area (Å²) in [6.45, 7) is 1.33. The highest BCUT2D eigenvalue weighted by molar-refractivity contribution is 9.10. The third-order valence-corrected chi connectivity index (χ3v) is 3.95. The SMILES string of the molecule is O=C(O)c1nc(-c2ccccc2Br)nc2c1CCNC2. The van der Waals surface area contributed by atoms with Crippen LogP contribution in [0, 0.1) is 0 Å². The van der Waals surface area contributed by atoms with Crippen LogP contribution in [0.4, 0.5) is 0 Å². The lowest BCUT2D eigenvalue weighted by Gasteiger charge is -2.18. The van der Waals surface area contributed by atoms with Crippen LogP contribution in [0.1, 0.15) is 21.7 Å². The Kier molecular flexibility index (Phi) is 3.50. The minimum atomic E-state index is -1.00. The van der Waals surface area contributed by atoms with E-state index < -0.39 is 5.97 Å². The van der Waals surface area contributed by atoms with Crippen LogP contribution in [-0.4, -0.2) is 27.6 Å². The maximum absolute atomic E-state index is 11.4. The molecular weight excluding hydrogens is 322 g/mol. The van der Waals surface area contributed by atoms with Gasteiger partial charge in [-0.1, -0.05) is 34.1 Å². The molecule has 0 bridgehead atoms. The van der Waals surface area contributed by atoms with E-state index in [2.05, 4.69) is 31.2 Å². The number of carbonyl (C=O) groups is 1. The molecule has 20 heavy (non-hydrogen) atoms. The Morgan fingerprint density at radius 1 is 1.30 bits per heavy atom. The number of carboxylic acids is 1. The third kappa shape index (κ3) is 2.32. The van der Waals surface area contributed by atoms with Gasteiger partial charge < -0.3 is 10.4 Å². The molecule has 2 N–H and O–H groups in total. The molecule has 0 saturated heterocycles. The molecule has 0 fully saturated rings. The summed E-state index contributed by atoms with van der Waals surface area (Å²) in [7, 11) is 0.